The van der Waals surface area contributed by atoms with E-state index < -0.39 is 28.8 Å². The lowest BCUT2D eigenvalue weighted by molar-refractivity contribution is -0.384. The Morgan fingerprint density at radius 1 is 1.15 bits per heavy atom. The number of benzene rings is 1. The standard InChI is InChI=1S/C22H24N6O5/c1-2-33-21(30)18-19(15-6-8-16(9-7-15)28(31)32)24-22(25-20(18)29)27-13-11-26(12-14-27)17-5-3-4-10-23-17/h3-10,18-19H,2,11-14H2,1H3,(H,24,25,29). The van der Waals surface area contributed by atoms with Gasteiger partial charge in [0.05, 0.1) is 11.5 Å². The number of hydrogen-bond acceptors (Lipinski definition) is 9. The zero-order valence-electron chi connectivity index (χ0n) is 18.1. The monoisotopic (exact) mass is 452 g/mol. The molecule has 1 aromatic carbocycles. The van der Waals surface area contributed by atoms with Gasteiger partial charge in [0.25, 0.3) is 5.69 Å². The third kappa shape index (κ3) is 4.76. The molecule has 1 aromatic heterocycles. The number of esters is 1. The first-order chi connectivity index (χ1) is 16.0. The van der Waals surface area contributed by atoms with Gasteiger partial charge in [0.1, 0.15) is 11.9 Å². The first-order valence-electron chi connectivity index (χ1n) is 10.7. The molecule has 1 fully saturated rings. The molecule has 1 saturated heterocycles. The van der Waals surface area contributed by atoms with E-state index in [1.54, 1.807) is 13.1 Å². The maximum atomic E-state index is 13.0. The van der Waals surface area contributed by atoms with E-state index in [-0.39, 0.29) is 12.3 Å². The minimum atomic E-state index is -1.18. The normalized spacial score (nSPS) is 20.6. The van der Waals surface area contributed by atoms with Crippen molar-refractivity contribution in [1.82, 2.24) is 15.2 Å². The molecule has 1 amide bonds. The van der Waals surface area contributed by atoms with Crippen molar-refractivity contribution in [2.24, 2.45) is 10.9 Å². The first-order valence-corrected chi connectivity index (χ1v) is 10.7. The Kier molecular flexibility index (Phi) is 6.48. The summed E-state index contributed by atoms with van der Waals surface area (Å²) in [7, 11) is 0. The van der Waals surface area contributed by atoms with Gasteiger partial charge in [-0.3, -0.25) is 25.0 Å². The van der Waals surface area contributed by atoms with Crippen LogP contribution in [0.3, 0.4) is 0 Å². The van der Waals surface area contributed by atoms with Crippen LogP contribution in [0.2, 0.25) is 0 Å². The largest absolute Gasteiger partial charge is 0.465 e. The molecule has 2 aliphatic rings. The van der Waals surface area contributed by atoms with Crippen LogP contribution in [0.1, 0.15) is 18.5 Å². The summed E-state index contributed by atoms with van der Waals surface area (Å²) in [5.41, 5.74) is 0.444. The molecular weight excluding hydrogens is 428 g/mol. The van der Waals surface area contributed by atoms with Crippen LogP contribution in [-0.2, 0) is 14.3 Å². The van der Waals surface area contributed by atoms with Crippen molar-refractivity contribution in [3.8, 4) is 0 Å². The maximum Gasteiger partial charge on any atom is 0.321 e. The quantitative estimate of drug-likeness (QED) is 0.313. The van der Waals surface area contributed by atoms with Crippen LogP contribution in [0, 0.1) is 16.0 Å². The second-order valence-electron chi connectivity index (χ2n) is 7.63. The number of hydrogen-bond donors (Lipinski definition) is 1. The van der Waals surface area contributed by atoms with Crippen LogP contribution in [0.15, 0.2) is 53.7 Å². The second kappa shape index (κ2) is 9.63. The number of non-ortho nitro benzene ring substituents is 1. The zero-order chi connectivity index (χ0) is 23.4. The van der Waals surface area contributed by atoms with Crippen LogP contribution in [0.5, 0.6) is 0 Å². The number of anilines is 1. The summed E-state index contributed by atoms with van der Waals surface area (Å²) in [4.78, 5) is 49.2. The molecule has 0 aliphatic carbocycles. The molecule has 0 radical (unpaired) electrons. The highest BCUT2D eigenvalue weighted by atomic mass is 16.6. The lowest BCUT2D eigenvalue weighted by Crippen LogP contribution is -2.57. The SMILES string of the molecule is CCOC(=O)C1C(=O)NC(N2CCN(c3ccccn3)CC2)=NC1c1ccc([N+](=O)[O-])cc1. The van der Waals surface area contributed by atoms with Crippen LogP contribution < -0.4 is 10.2 Å². The third-order valence-corrected chi connectivity index (χ3v) is 5.63. The van der Waals surface area contributed by atoms with E-state index in [1.807, 2.05) is 23.1 Å². The Morgan fingerprint density at radius 2 is 1.85 bits per heavy atom. The van der Waals surface area contributed by atoms with Gasteiger partial charge in [-0.25, -0.2) is 9.98 Å². The Labute approximate surface area is 190 Å². The Bertz CT molecular complexity index is 1050. The fourth-order valence-corrected chi connectivity index (χ4v) is 3.95. The molecule has 0 saturated carbocycles. The smallest absolute Gasteiger partial charge is 0.321 e. The number of guanidine groups is 1. The van der Waals surface area contributed by atoms with E-state index in [0.29, 0.717) is 37.7 Å². The van der Waals surface area contributed by atoms with E-state index in [4.69, 9.17) is 4.74 Å². The average molecular weight is 452 g/mol. The first kappa shape index (κ1) is 22.2. The maximum absolute atomic E-state index is 13.0. The number of ether oxygens (including phenoxy) is 1. The zero-order valence-corrected chi connectivity index (χ0v) is 18.1. The molecule has 3 heterocycles. The number of aromatic nitrogens is 1. The summed E-state index contributed by atoms with van der Waals surface area (Å²) in [5, 5.41) is 13.8. The average Bonchev–Trinajstić information content (AvgIpc) is 2.84. The van der Waals surface area contributed by atoms with E-state index in [2.05, 4.69) is 20.2 Å². The molecule has 33 heavy (non-hydrogen) atoms. The number of aliphatic imine (C=N–C) groups is 1. The number of carbonyl (C=O) groups excluding carboxylic acids is 2. The second-order valence-corrected chi connectivity index (χ2v) is 7.63. The molecule has 0 spiro atoms. The van der Waals surface area contributed by atoms with Gasteiger partial charge in [-0.05, 0) is 24.6 Å². The third-order valence-electron chi connectivity index (χ3n) is 5.63. The Morgan fingerprint density at radius 3 is 2.45 bits per heavy atom. The van der Waals surface area contributed by atoms with Gasteiger partial charge < -0.3 is 14.5 Å². The number of nitro groups is 1. The predicted molar refractivity (Wildman–Crippen MR) is 120 cm³/mol. The van der Waals surface area contributed by atoms with Crippen molar-refractivity contribution < 1.29 is 19.2 Å². The Balaban J connectivity index is 1.58. The van der Waals surface area contributed by atoms with Gasteiger partial charge in [0.2, 0.25) is 11.9 Å². The van der Waals surface area contributed by atoms with Crippen molar-refractivity contribution in [1.29, 1.82) is 0 Å². The highest BCUT2D eigenvalue weighted by Crippen LogP contribution is 2.32. The van der Waals surface area contributed by atoms with Gasteiger partial charge in [-0.1, -0.05) is 18.2 Å². The topological polar surface area (TPSA) is 130 Å². The van der Waals surface area contributed by atoms with Gasteiger partial charge in [-0.2, -0.15) is 0 Å². The molecule has 0 bridgehead atoms. The molecule has 2 aromatic rings. The molecular formula is C22H24N6O5. The van der Waals surface area contributed by atoms with Gasteiger partial charge in [0, 0.05) is 44.5 Å². The summed E-state index contributed by atoms with van der Waals surface area (Å²) in [6.45, 7) is 4.38. The molecule has 2 unspecified atom stereocenters. The van der Waals surface area contributed by atoms with E-state index in [1.165, 1.54) is 24.3 Å². The molecule has 11 nitrogen and oxygen atoms in total. The van der Waals surface area contributed by atoms with E-state index in [9.17, 15) is 19.7 Å². The molecule has 172 valence electrons. The number of pyridine rings is 1. The summed E-state index contributed by atoms with van der Waals surface area (Å²) in [6, 6.07) is 10.6. The van der Waals surface area contributed by atoms with E-state index in [0.717, 1.165) is 5.82 Å². The molecule has 11 heteroatoms. The highest BCUT2D eigenvalue weighted by molar-refractivity contribution is 6.08. The van der Waals surface area contributed by atoms with Crippen molar-refractivity contribution in [3.63, 3.8) is 0 Å². The van der Waals surface area contributed by atoms with Gasteiger partial charge in [-0.15, -0.1) is 0 Å². The van der Waals surface area contributed by atoms with Crippen LogP contribution >= 0.6 is 0 Å². The number of rotatable bonds is 5. The number of nitrogens with zero attached hydrogens (tertiary/aromatic N) is 5. The molecule has 4 rings (SSSR count). The van der Waals surface area contributed by atoms with E-state index >= 15 is 0 Å². The van der Waals surface area contributed by atoms with Crippen molar-refractivity contribution in [2.45, 2.75) is 13.0 Å². The number of carbonyl (C=O) groups is 2. The van der Waals surface area contributed by atoms with Crippen molar-refractivity contribution >= 4 is 29.3 Å². The lowest BCUT2D eigenvalue weighted by atomic mass is 9.91. The number of nitrogens with one attached hydrogen (secondary N) is 1. The Hall–Kier alpha value is -4.02. The number of piperazine rings is 1. The number of amides is 1. The van der Waals surface area contributed by atoms with Crippen LogP contribution in [0.4, 0.5) is 11.5 Å². The lowest BCUT2D eigenvalue weighted by Gasteiger charge is -2.39. The minimum Gasteiger partial charge on any atom is -0.465 e. The van der Waals surface area contributed by atoms with Crippen LogP contribution in [0.25, 0.3) is 0 Å². The van der Waals surface area contributed by atoms with Gasteiger partial charge >= 0.3 is 5.97 Å². The van der Waals surface area contributed by atoms with Gasteiger partial charge in [0.15, 0.2) is 5.92 Å². The fourth-order valence-electron chi connectivity index (χ4n) is 3.95. The highest BCUT2D eigenvalue weighted by Gasteiger charge is 2.42. The summed E-state index contributed by atoms with van der Waals surface area (Å²) in [6.07, 6.45) is 1.75. The number of nitro benzene ring substituents is 1. The summed E-state index contributed by atoms with van der Waals surface area (Å²) < 4.78 is 5.10. The molecule has 2 atom stereocenters. The van der Waals surface area contributed by atoms with Crippen molar-refractivity contribution in [2.75, 3.05) is 37.7 Å². The molecule has 2 aliphatic heterocycles. The van der Waals surface area contributed by atoms with Crippen molar-refractivity contribution in [3.05, 3.63) is 64.3 Å². The fraction of sp³-hybridized carbons (Fsp3) is 0.364. The van der Waals surface area contributed by atoms with Crippen LogP contribution in [-0.4, -0.2) is 65.4 Å². The molecule has 1 N–H and O–H groups in total. The summed E-state index contributed by atoms with van der Waals surface area (Å²) >= 11 is 0. The minimum absolute atomic E-state index is 0.0819. The predicted octanol–water partition coefficient (Wildman–Crippen LogP) is 1.52. The summed E-state index contributed by atoms with van der Waals surface area (Å²) in [5.74, 6) is -1.09.